The van der Waals surface area contributed by atoms with Crippen LogP contribution in [0.5, 0.6) is 0 Å². The molecule has 0 spiro atoms. The van der Waals surface area contributed by atoms with Crippen molar-refractivity contribution in [2.75, 3.05) is 18.4 Å². The second-order valence-corrected chi connectivity index (χ2v) is 5.16. The Morgan fingerprint density at radius 2 is 2.24 bits per heavy atom. The standard InChI is InChI=1S/C13H20N4/c1-10-5-7-14-13(15-10)16-11-6-9-17-8-3-2-4-12(11)17/h5,7,11-12H,2-4,6,8-9H2,1H3,(H,14,15,16)/t11-,12+/m0/s1. The lowest BCUT2D eigenvalue weighted by Crippen LogP contribution is -2.42. The highest BCUT2D eigenvalue weighted by Gasteiger charge is 2.35. The van der Waals surface area contributed by atoms with Gasteiger partial charge in [-0.25, -0.2) is 9.97 Å². The van der Waals surface area contributed by atoms with Crippen LogP contribution < -0.4 is 5.32 Å². The number of fused-ring (bicyclic) bond motifs is 1. The van der Waals surface area contributed by atoms with E-state index >= 15 is 0 Å². The monoisotopic (exact) mass is 232 g/mol. The summed E-state index contributed by atoms with van der Waals surface area (Å²) in [7, 11) is 0. The second-order valence-electron chi connectivity index (χ2n) is 5.16. The van der Waals surface area contributed by atoms with Gasteiger partial charge in [-0.05, 0) is 38.8 Å². The average molecular weight is 232 g/mol. The maximum Gasteiger partial charge on any atom is 0.223 e. The molecule has 1 N–H and O–H groups in total. The van der Waals surface area contributed by atoms with Crippen LogP contribution in [0.4, 0.5) is 5.95 Å². The Hall–Kier alpha value is -1.16. The number of aromatic nitrogens is 2. The van der Waals surface area contributed by atoms with Crippen LogP contribution in [0.15, 0.2) is 12.3 Å². The zero-order valence-corrected chi connectivity index (χ0v) is 10.4. The SMILES string of the molecule is Cc1ccnc(N[C@H]2CCN3CCCC[C@H]23)n1. The molecule has 1 aromatic rings. The van der Waals surface area contributed by atoms with Gasteiger partial charge < -0.3 is 5.32 Å². The molecular weight excluding hydrogens is 212 g/mol. The lowest BCUT2D eigenvalue weighted by Gasteiger charge is -2.32. The minimum absolute atomic E-state index is 0.539. The van der Waals surface area contributed by atoms with Crippen LogP contribution in [-0.4, -0.2) is 40.0 Å². The number of aryl methyl sites for hydroxylation is 1. The van der Waals surface area contributed by atoms with Gasteiger partial charge in [0.1, 0.15) is 0 Å². The lowest BCUT2D eigenvalue weighted by atomic mass is 9.99. The highest BCUT2D eigenvalue weighted by Crippen LogP contribution is 2.28. The van der Waals surface area contributed by atoms with Gasteiger partial charge in [0.2, 0.25) is 5.95 Å². The Balaban J connectivity index is 1.69. The molecule has 17 heavy (non-hydrogen) atoms. The summed E-state index contributed by atoms with van der Waals surface area (Å²) in [5, 5.41) is 3.52. The van der Waals surface area contributed by atoms with Crippen molar-refractivity contribution in [3.05, 3.63) is 18.0 Å². The van der Waals surface area contributed by atoms with E-state index in [1.165, 1.54) is 38.8 Å². The number of nitrogens with zero attached hydrogens (tertiary/aromatic N) is 3. The summed E-state index contributed by atoms with van der Waals surface area (Å²) in [4.78, 5) is 11.4. The van der Waals surface area contributed by atoms with Crippen molar-refractivity contribution in [3.63, 3.8) is 0 Å². The van der Waals surface area contributed by atoms with Crippen molar-refractivity contribution in [1.82, 2.24) is 14.9 Å². The van der Waals surface area contributed by atoms with Crippen LogP contribution >= 0.6 is 0 Å². The summed E-state index contributed by atoms with van der Waals surface area (Å²) >= 11 is 0. The van der Waals surface area contributed by atoms with Crippen molar-refractivity contribution in [2.45, 2.75) is 44.7 Å². The molecule has 2 aliphatic rings. The maximum atomic E-state index is 4.43. The Kier molecular flexibility index (Phi) is 2.97. The third-order valence-corrected chi connectivity index (χ3v) is 3.97. The number of anilines is 1. The minimum Gasteiger partial charge on any atom is -0.350 e. The normalized spacial score (nSPS) is 29.0. The summed E-state index contributed by atoms with van der Waals surface area (Å²) < 4.78 is 0. The Morgan fingerprint density at radius 3 is 3.12 bits per heavy atom. The molecular formula is C13H20N4. The molecule has 1 aromatic heterocycles. The van der Waals surface area contributed by atoms with Crippen molar-refractivity contribution in [3.8, 4) is 0 Å². The van der Waals surface area contributed by atoms with E-state index in [-0.39, 0.29) is 0 Å². The van der Waals surface area contributed by atoms with Gasteiger partial charge in [0.25, 0.3) is 0 Å². The fourth-order valence-electron chi connectivity index (χ4n) is 3.10. The van der Waals surface area contributed by atoms with Crippen LogP contribution in [-0.2, 0) is 0 Å². The molecule has 4 heteroatoms. The molecule has 2 saturated heterocycles. The smallest absolute Gasteiger partial charge is 0.223 e. The van der Waals surface area contributed by atoms with Gasteiger partial charge in [-0.3, -0.25) is 4.90 Å². The predicted molar refractivity (Wildman–Crippen MR) is 68.0 cm³/mol. The van der Waals surface area contributed by atoms with Crippen LogP contribution in [0.3, 0.4) is 0 Å². The molecule has 92 valence electrons. The molecule has 0 amide bonds. The summed E-state index contributed by atoms with van der Waals surface area (Å²) in [6, 6.07) is 3.18. The first-order valence-electron chi connectivity index (χ1n) is 6.63. The fourth-order valence-corrected chi connectivity index (χ4v) is 3.10. The quantitative estimate of drug-likeness (QED) is 0.844. The molecule has 0 aromatic carbocycles. The third-order valence-electron chi connectivity index (χ3n) is 3.97. The predicted octanol–water partition coefficient (Wildman–Crippen LogP) is 1.82. The maximum absolute atomic E-state index is 4.43. The van der Waals surface area contributed by atoms with Gasteiger partial charge in [-0.2, -0.15) is 0 Å². The molecule has 3 rings (SSSR count). The van der Waals surface area contributed by atoms with E-state index in [9.17, 15) is 0 Å². The van der Waals surface area contributed by atoms with E-state index in [0.717, 1.165) is 11.6 Å². The number of hydrogen-bond donors (Lipinski definition) is 1. The molecule has 0 unspecified atom stereocenters. The molecule has 2 atom stereocenters. The molecule has 0 radical (unpaired) electrons. The van der Waals surface area contributed by atoms with Crippen LogP contribution in [0, 0.1) is 6.92 Å². The van der Waals surface area contributed by atoms with Gasteiger partial charge in [-0.1, -0.05) is 6.42 Å². The van der Waals surface area contributed by atoms with E-state index in [1.807, 2.05) is 19.2 Å². The van der Waals surface area contributed by atoms with Gasteiger partial charge in [0, 0.05) is 30.5 Å². The molecule has 0 aliphatic carbocycles. The van der Waals surface area contributed by atoms with Gasteiger partial charge in [-0.15, -0.1) is 0 Å². The average Bonchev–Trinajstić information content (AvgIpc) is 2.73. The highest BCUT2D eigenvalue weighted by atomic mass is 15.2. The Morgan fingerprint density at radius 1 is 1.29 bits per heavy atom. The van der Waals surface area contributed by atoms with Gasteiger partial charge in [0.15, 0.2) is 0 Å². The first kappa shape index (κ1) is 11.0. The lowest BCUT2D eigenvalue weighted by molar-refractivity contribution is 0.192. The van der Waals surface area contributed by atoms with E-state index < -0.39 is 0 Å². The molecule has 3 heterocycles. The first-order chi connectivity index (χ1) is 8.33. The number of piperidine rings is 1. The zero-order valence-electron chi connectivity index (χ0n) is 10.4. The molecule has 2 aliphatic heterocycles. The topological polar surface area (TPSA) is 41.1 Å². The van der Waals surface area contributed by atoms with Crippen molar-refractivity contribution in [2.24, 2.45) is 0 Å². The summed E-state index contributed by atoms with van der Waals surface area (Å²) in [6.45, 7) is 4.51. The van der Waals surface area contributed by atoms with Crippen molar-refractivity contribution >= 4 is 5.95 Å². The van der Waals surface area contributed by atoms with Crippen LogP contribution in [0.1, 0.15) is 31.4 Å². The minimum atomic E-state index is 0.539. The van der Waals surface area contributed by atoms with Gasteiger partial charge in [0.05, 0.1) is 0 Å². The second kappa shape index (κ2) is 4.61. The Labute approximate surface area is 102 Å². The van der Waals surface area contributed by atoms with E-state index in [1.54, 1.807) is 0 Å². The molecule has 4 nitrogen and oxygen atoms in total. The molecule has 2 fully saturated rings. The number of nitrogens with one attached hydrogen (secondary N) is 1. The summed E-state index contributed by atoms with van der Waals surface area (Å²) in [5.74, 6) is 0.794. The summed E-state index contributed by atoms with van der Waals surface area (Å²) in [5.41, 5.74) is 1.03. The van der Waals surface area contributed by atoms with E-state index in [0.29, 0.717) is 12.1 Å². The fraction of sp³-hybridized carbons (Fsp3) is 0.692. The van der Waals surface area contributed by atoms with E-state index in [2.05, 4.69) is 20.2 Å². The molecule has 0 bridgehead atoms. The number of rotatable bonds is 2. The third kappa shape index (κ3) is 2.27. The zero-order chi connectivity index (χ0) is 11.7. The largest absolute Gasteiger partial charge is 0.350 e. The van der Waals surface area contributed by atoms with Crippen LogP contribution in [0.2, 0.25) is 0 Å². The van der Waals surface area contributed by atoms with Crippen molar-refractivity contribution in [1.29, 1.82) is 0 Å². The Bertz CT molecular complexity index is 393. The number of hydrogen-bond acceptors (Lipinski definition) is 4. The van der Waals surface area contributed by atoms with Gasteiger partial charge >= 0.3 is 0 Å². The van der Waals surface area contributed by atoms with E-state index in [4.69, 9.17) is 0 Å². The molecule has 0 saturated carbocycles. The first-order valence-corrected chi connectivity index (χ1v) is 6.63. The van der Waals surface area contributed by atoms with Crippen LogP contribution in [0.25, 0.3) is 0 Å². The van der Waals surface area contributed by atoms with Crippen molar-refractivity contribution < 1.29 is 0 Å². The summed E-state index contributed by atoms with van der Waals surface area (Å²) in [6.07, 6.45) is 7.11. The highest BCUT2D eigenvalue weighted by molar-refractivity contribution is 5.28.